The minimum absolute atomic E-state index is 0.883. The topological polar surface area (TPSA) is 21.3 Å². The first-order valence-electron chi connectivity index (χ1n) is 23.6. The first-order chi connectivity index (χ1) is 34.2. The van der Waals surface area contributed by atoms with Gasteiger partial charge in [0.1, 0.15) is 11.2 Å². The maximum absolute atomic E-state index is 6.62. The van der Waals surface area contributed by atoms with Crippen LogP contribution in [-0.4, -0.2) is 4.57 Å². The molecule has 0 atom stereocenters. The molecule has 0 bridgehead atoms. The molecule has 3 nitrogen and oxygen atoms in total. The second-order valence-electron chi connectivity index (χ2n) is 17.7. The molecule has 0 amide bonds. The van der Waals surface area contributed by atoms with E-state index in [1.807, 2.05) is 6.07 Å². The third-order valence-electron chi connectivity index (χ3n) is 13.6. The molecule has 2 heterocycles. The van der Waals surface area contributed by atoms with Crippen molar-refractivity contribution in [3.05, 3.63) is 267 Å². The lowest BCUT2D eigenvalue weighted by Crippen LogP contribution is -2.10. The quantitative estimate of drug-likeness (QED) is 0.144. The molecule has 0 unspecified atom stereocenters. The van der Waals surface area contributed by atoms with Crippen LogP contribution in [0.2, 0.25) is 0 Å². The Balaban J connectivity index is 0.816. The highest BCUT2D eigenvalue weighted by atomic mass is 16.3. The monoisotopic (exact) mass is 880 g/mol. The molecular formula is C66H44N2O. The van der Waals surface area contributed by atoms with Crippen molar-refractivity contribution in [3.8, 4) is 61.3 Å². The molecule has 13 aromatic rings. The van der Waals surface area contributed by atoms with Crippen molar-refractivity contribution in [2.75, 3.05) is 4.90 Å². The standard InChI is InChI=1S/C66H44N2O/c1-3-14-45(15-4-1)51-18-11-20-56(42-51)67(55-39-34-49(35-40-55)53-36-41-61-62-25-13-24-58(50-16-5-2-6-17-50)66(62)69-65(61)44-53)54-37-32-47(33-38-54)46-28-30-48(31-29-46)52-19-12-21-57(43-52)68-63-26-9-7-22-59(63)60-23-8-10-27-64(60)68/h1-44H. The molecule has 0 saturated heterocycles. The Morgan fingerprint density at radius 2 is 0.725 bits per heavy atom. The lowest BCUT2D eigenvalue weighted by Gasteiger charge is -2.26. The van der Waals surface area contributed by atoms with Crippen LogP contribution in [0.1, 0.15) is 0 Å². The van der Waals surface area contributed by atoms with E-state index < -0.39 is 0 Å². The van der Waals surface area contributed by atoms with Gasteiger partial charge < -0.3 is 13.9 Å². The van der Waals surface area contributed by atoms with Crippen molar-refractivity contribution in [3.63, 3.8) is 0 Å². The van der Waals surface area contributed by atoms with E-state index in [1.165, 1.54) is 49.6 Å². The zero-order valence-electron chi connectivity index (χ0n) is 37.7. The summed E-state index contributed by atoms with van der Waals surface area (Å²) in [7, 11) is 0. The number of rotatable bonds is 9. The second-order valence-corrected chi connectivity index (χ2v) is 17.7. The first-order valence-corrected chi connectivity index (χ1v) is 23.6. The summed E-state index contributed by atoms with van der Waals surface area (Å²) in [5.74, 6) is 0. The lowest BCUT2D eigenvalue weighted by atomic mass is 9.99. The number of hydrogen-bond donors (Lipinski definition) is 0. The van der Waals surface area contributed by atoms with Gasteiger partial charge in [0.15, 0.2) is 0 Å². The van der Waals surface area contributed by atoms with Crippen LogP contribution in [0.3, 0.4) is 0 Å². The molecule has 13 rings (SSSR count). The Labute approximate surface area is 401 Å². The van der Waals surface area contributed by atoms with E-state index in [2.05, 4.69) is 270 Å². The highest BCUT2D eigenvalue weighted by molar-refractivity contribution is 6.11. The van der Waals surface area contributed by atoms with Crippen LogP contribution in [0.4, 0.5) is 17.1 Å². The number of aromatic nitrogens is 1. The molecule has 3 heteroatoms. The third kappa shape index (κ3) is 7.25. The molecular weight excluding hydrogens is 837 g/mol. The Hall–Kier alpha value is -9.18. The van der Waals surface area contributed by atoms with E-state index in [1.54, 1.807) is 0 Å². The van der Waals surface area contributed by atoms with Crippen LogP contribution in [-0.2, 0) is 0 Å². The molecule has 69 heavy (non-hydrogen) atoms. The molecule has 0 saturated carbocycles. The van der Waals surface area contributed by atoms with Crippen molar-refractivity contribution in [1.82, 2.24) is 4.57 Å². The summed E-state index contributed by atoms with van der Waals surface area (Å²) < 4.78 is 9.00. The smallest absolute Gasteiger partial charge is 0.143 e. The maximum Gasteiger partial charge on any atom is 0.143 e. The molecule has 0 aliphatic carbocycles. The number of furan rings is 1. The van der Waals surface area contributed by atoms with Crippen LogP contribution in [0.15, 0.2) is 271 Å². The lowest BCUT2D eigenvalue weighted by molar-refractivity contribution is 0.670. The average Bonchev–Trinajstić information content (AvgIpc) is 3.98. The zero-order valence-corrected chi connectivity index (χ0v) is 37.7. The number of benzene rings is 11. The van der Waals surface area contributed by atoms with Crippen LogP contribution in [0.25, 0.3) is 105 Å². The molecule has 0 radical (unpaired) electrons. The van der Waals surface area contributed by atoms with Gasteiger partial charge >= 0.3 is 0 Å². The summed E-state index contributed by atoms with van der Waals surface area (Å²) >= 11 is 0. The van der Waals surface area contributed by atoms with Crippen LogP contribution in [0, 0.1) is 0 Å². The third-order valence-corrected chi connectivity index (χ3v) is 13.6. The van der Waals surface area contributed by atoms with Gasteiger partial charge in [-0.25, -0.2) is 0 Å². The van der Waals surface area contributed by atoms with E-state index >= 15 is 0 Å². The number of anilines is 3. The van der Waals surface area contributed by atoms with E-state index in [0.717, 1.165) is 72.5 Å². The summed E-state index contributed by atoms with van der Waals surface area (Å²) in [5, 5.41) is 4.78. The predicted molar refractivity (Wildman–Crippen MR) is 290 cm³/mol. The van der Waals surface area contributed by atoms with Gasteiger partial charge in [-0.05, 0) is 123 Å². The van der Waals surface area contributed by atoms with Crippen LogP contribution < -0.4 is 4.90 Å². The fourth-order valence-corrected chi connectivity index (χ4v) is 10.2. The van der Waals surface area contributed by atoms with Gasteiger partial charge in [0, 0.05) is 49.9 Å². The Bertz CT molecular complexity index is 3930. The van der Waals surface area contributed by atoms with Gasteiger partial charge in [-0.15, -0.1) is 0 Å². The van der Waals surface area contributed by atoms with Crippen molar-refractivity contribution >= 4 is 60.8 Å². The summed E-state index contributed by atoms with van der Waals surface area (Å²) in [6.07, 6.45) is 0. The van der Waals surface area contributed by atoms with Gasteiger partial charge in [-0.2, -0.15) is 0 Å². The van der Waals surface area contributed by atoms with Crippen LogP contribution >= 0.6 is 0 Å². The van der Waals surface area contributed by atoms with Gasteiger partial charge in [-0.1, -0.05) is 194 Å². The highest BCUT2D eigenvalue weighted by Gasteiger charge is 2.17. The summed E-state index contributed by atoms with van der Waals surface area (Å²) in [4.78, 5) is 2.35. The van der Waals surface area contributed by atoms with E-state index in [-0.39, 0.29) is 0 Å². The van der Waals surface area contributed by atoms with Crippen LogP contribution in [0.5, 0.6) is 0 Å². The average molecular weight is 881 g/mol. The van der Waals surface area contributed by atoms with Crippen molar-refractivity contribution in [2.45, 2.75) is 0 Å². The molecule has 0 fully saturated rings. The van der Waals surface area contributed by atoms with Gasteiger partial charge in [-0.3, -0.25) is 0 Å². The van der Waals surface area contributed by atoms with Gasteiger partial charge in [0.2, 0.25) is 0 Å². The number of para-hydroxylation sites is 3. The number of hydrogen-bond acceptors (Lipinski definition) is 2. The van der Waals surface area contributed by atoms with Crippen molar-refractivity contribution in [1.29, 1.82) is 0 Å². The fourth-order valence-electron chi connectivity index (χ4n) is 10.2. The summed E-state index contributed by atoms with van der Waals surface area (Å²) in [6, 6.07) is 95.9. The predicted octanol–water partition coefficient (Wildman–Crippen LogP) is 18.5. The van der Waals surface area contributed by atoms with Crippen molar-refractivity contribution < 1.29 is 4.42 Å². The van der Waals surface area contributed by atoms with Crippen molar-refractivity contribution in [2.24, 2.45) is 0 Å². The Kier molecular flexibility index (Phi) is 9.84. The largest absolute Gasteiger partial charge is 0.455 e. The molecule has 324 valence electrons. The summed E-state index contributed by atoms with van der Waals surface area (Å²) in [6.45, 7) is 0. The minimum Gasteiger partial charge on any atom is -0.455 e. The van der Waals surface area contributed by atoms with E-state index in [0.29, 0.717) is 0 Å². The Morgan fingerprint density at radius 3 is 1.36 bits per heavy atom. The number of fused-ring (bicyclic) bond motifs is 6. The SMILES string of the molecule is c1ccc(-c2cccc(N(c3ccc(-c4ccc(-c5cccc(-n6c7ccccc7c7ccccc76)c5)cc4)cc3)c3ccc(-c4ccc5c(c4)oc4c(-c6ccccc6)cccc45)cc3)c2)cc1. The second kappa shape index (κ2) is 16.9. The van der Waals surface area contributed by atoms with Gasteiger partial charge in [0.05, 0.1) is 11.0 Å². The minimum atomic E-state index is 0.883. The zero-order chi connectivity index (χ0) is 45.7. The first kappa shape index (κ1) is 40.1. The Morgan fingerprint density at radius 1 is 0.275 bits per heavy atom. The molecule has 11 aromatic carbocycles. The molecule has 0 aliphatic heterocycles. The summed E-state index contributed by atoms with van der Waals surface area (Å²) in [5.41, 5.74) is 20.1. The molecule has 0 N–H and O–H groups in total. The molecule has 0 spiro atoms. The maximum atomic E-state index is 6.62. The number of nitrogens with zero attached hydrogens (tertiary/aromatic N) is 2. The fraction of sp³-hybridized carbons (Fsp3) is 0. The normalized spacial score (nSPS) is 11.5. The van der Waals surface area contributed by atoms with Gasteiger partial charge in [0.25, 0.3) is 0 Å². The molecule has 0 aliphatic rings. The highest BCUT2D eigenvalue weighted by Crippen LogP contribution is 2.41. The van der Waals surface area contributed by atoms with E-state index in [9.17, 15) is 0 Å². The molecule has 2 aromatic heterocycles. The van der Waals surface area contributed by atoms with E-state index in [4.69, 9.17) is 4.42 Å².